The van der Waals surface area contributed by atoms with Crippen LogP contribution in [0.2, 0.25) is 0 Å². The van der Waals surface area contributed by atoms with Crippen molar-refractivity contribution in [2.75, 3.05) is 20.3 Å². The molecular weight excluding hydrogens is 450 g/mol. The van der Waals surface area contributed by atoms with E-state index in [4.69, 9.17) is 31.3 Å². The first-order valence-electron chi connectivity index (χ1n) is 10.7. The largest absolute Gasteiger partial charge is 0.486 e. The highest BCUT2D eigenvalue weighted by molar-refractivity contribution is 7.80. The van der Waals surface area contributed by atoms with Crippen LogP contribution in [-0.2, 0) is 4.74 Å². The molecule has 4 aromatic rings. The molecule has 0 fully saturated rings. The molecule has 1 aliphatic heterocycles. The van der Waals surface area contributed by atoms with Crippen molar-refractivity contribution in [2.24, 2.45) is 0 Å². The molecule has 0 aliphatic carbocycles. The van der Waals surface area contributed by atoms with Gasteiger partial charge in [-0.15, -0.1) is 10.2 Å². The van der Waals surface area contributed by atoms with Gasteiger partial charge in [0.15, 0.2) is 17.6 Å². The van der Waals surface area contributed by atoms with Gasteiger partial charge in [-0.1, -0.05) is 42.5 Å². The van der Waals surface area contributed by atoms with Gasteiger partial charge in [-0.05, 0) is 41.0 Å². The maximum absolute atomic E-state index is 9.36. The quantitative estimate of drug-likeness (QED) is 0.392. The minimum atomic E-state index is -0.398. The topological polar surface area (TPSA) is 90.4 Å². The van der Waals surface area contributed by atoms with E-state index in [2.05, 4.69) is 16.3 Å². The number of methoxy groups -OCH3 is 1. The van der Waals surface area contributed by atoms with Crippen LogP contribution in [0.4, 0.5) is 0 Å². The summed E-state index contributed by atoms with van der Waals surface area (Å²) in [6.07, 6.45) is -0.170. The Morgan fingerprint density at radius 2 is 1.85 bits per heavy atom. The van der Waals surface area contributed by atoms with E-state index < -0.39 is 5.25 Å². The highest BCUT2D eigenvalue weighted by Gasteiger charge is 2.23. The average Bonchev–Trinajstić information content (AvgIpc) is 3.38. The molecule has 8 heteroatoms. The zero-order valence-electron chi connectivity index (χ0n) is 18.3. The Morgan fingerprint density at radius 3 is 2.65 bits per heavy atom. The van der Waals surface area contributed by atoms with E-state index in [1.54, 1.807) is 13.2 Å². The summed E-state index contributed by atoms with van der Waals surface area (Å²) < 4.78 is 22.8. The van der Waals surface area contributed by atoms with E-state index in [1.807, 2.05) is 60.7 Å². The van der Waals surface area contributed by atoms with Crippen LogP contribution >= 0.6 is 12.6 Å². The number of nitriles is 1. The van der Waals surface area contributed by atoms with E-state index in [-0.39, 0.29) is 6.10 Å². The molecule has 0 amide bonds. The second-order valence-corrected chi connectivity index (χ2v) is 8.31. The Morgan fingerprint density at radius 1 is 1.06 bits per heavy atom. The molecule has 0 spiro atoms. The molecule has 2 unspecified atom stereocenters. The van der Waals surface area contributed by atoms with Crippen molar-refractivity contribution in [3.05, 3.63) is 83.7 Å². The molecular formula is C26H21N3O4S. The third kappa shape index (κ3) is 4.36. The van der Waals surface area contributed by atoms with Gasteiger partial charge in [0.1, 0.15) is 11.9 Å². The highest BCUT2D eigenvalue weighted by atomic mass is 32.1. The molecule has 5 rings (SSSR count). The van der Waals surface area contributed by atoms with Crippen molar-refractivity contribution in [1.29, 1.82) is 5.26 Å². The summed E-state index contributed by atoms with van der Waals surface area (Å²) in [7, 11) is 1.63. The van der Waals surface area contributed by atoms with Crippen molar-refractivity contribution in [2.45, 2.75) is 11.4 Å². The Hall–Kier alpha value is -3.80. The van der Waals surface area contributed by atoms with Crippen LogP contribution in [0.15, 0.2) is 71.1 Å². The summed E-state index contributed by atoms with van der Waals surface area (Å²) in [6.45, 7) is 0.879. The molecule has 0 radical (unpaired) electrons. The van der Waals surface area contributed by atoms with Crippen molar-refractivity contribution < 1.29 is 18.6 Å². The molecule has 0 saturated carbocycles. The van der Waals surface area contributed by atoms with Gasteiger partial charge in [-0.25, -0.2) is 0 Å². The first kappa shape index (κ1) is 22.0. The first-order valence-corrected chi connectivity index (χ1v) is 11.2. The SMILES string of the molecule is COCC1COc2ccc(-c3nnc(C(S)c4ccc(-c5ccccc5C#N)cc4)o3)cc2O1. The molecule has 2 heterocycles. The maximum atomic E-state index is 9.36. The lowest BCUT2D eigenvalue weighted by molar-refractivity contribution is 0.0272. The predicted molar refractivity (Wildman–Crippen MR) is 129 cm³/mol. The van der Waals surface area contributed by atoms with Gasteiger partial charge in [0, 0.05) is 12.7 Å². The van der Waals surface area contributed by atoms with E-state index in [9.17, 15) is 5.26 Å². The fourth-order valence-electron chi connectivity index (χ4n) is 3.80. The summed E-state index contributed by atoms with van der Waals surface area (Å²) in [6, 6.07) is 23.1. The molecule has 1 aromatic heterocycles. The zero-order valence-corrected chi connectivity index (χ0v) is 19.2. The standard InChI is InChI=1S/C26H21N3O4S/c1-30-14-20-15-31-22-11-10-18(12-23(22)32-20)25-28-29-26(33-25)24(34)17-8-6-16(7-9-17)21-5-3-2-4-19(21)13-27/h2-12,20,24,34H,14-15H2,1H3. The van der Waals surface area contributed by atoms with Gasteiger partial charge in [-0.2, -0.15) is 17.9 Å². The van der Waals surface area contributed by atoms with Crippen LogP contribution in [0, 0.1) is 11.3 Å². The summed E-state index contributed by atoms with van der Waals surface area (Å²) in [4.78, 5) is 0. The second kappa shape index (κ2) is 9.59. The number of fused-ring (bicyclic) bond motifs is 1. The molecule has 2 atom stereocenters. The molecule has 1 aliphatic rings. The summed E-state index contributed by atoms with van der Waals surface area (Å²) >= 11 is 4.70. The Bertz CT molecular complexity index is 1350. The second-order valence-electron chi connectivity index (χ2n) is 7.80. The van der Waals surface area contributed by atoms with E-state index in [0.29, 0.717) is 42.1 Å². The van der Waals surface area contributed by atoms with Crippen LogP contribution in [0.1, 0.15) is 22.3 Å². The lowest BCUT2D eigenvalue weighted by Gasteiger charge is -2.26. The van der Waals surface area contributed by atoms with Crippen molar-refractivity contribution in [3.8, 4) is 40.1 Å². The molecule has 34 heavy (non-hydrogen) atoms. The molecule has 3 aromatic carbocycles. The van der Waals surface area contributed by atoms with E-state index >= 15 is 0 Å². The van der Waals surface area contributed by atoms with Crippen molar-refractivity contribution >= 4 is 12.6 Å². The fourth-order valence-corrected chi connectivity index (χ4v) is 4.07. The average molecular weight is 472 g/mol. The number of thiol groups is 1. The fraction of sp³-hybridized carbons (Fsp3) is 0.192. The third-order valence-electron chi connectivity index (χ3n) is 5.52. The smallest absolute Gasteiger partial charge is 0.247 e. The van der Waals surface area contributed by atoms with Gasteiger partial charge >= 0.3 is 0 Å². The van der Waals surface area contributed by atoms with Crippen LogP contribution in [0.5, 0.6) is 11.5 Å². The molecule has 7 nitrogen and oxygen atoms in total. The first-order chi connectivity index (χ1) is 16.7. The summed E-state index contributed by atoms with van der Waals surface area (Å²) in [5.74, 6) is 2.03. The van der Waals surface area contributed by atoms with Crippen LogP contribution in [-0.4, -0.2) is 36.6 Å². The van der Waals surface area contributed by atoms with E-state index in [0.717, 1.165) is 22.3 Å². The van der Waals surface area contributed by atoms with Gasteiger partial charge < -0.3 is 18.6 Å². The third-order valence-corrected chi connectivity index (χ3v) is 6.04. The zero-order chi connectivity index (χ0) is 23.5. The monoisotopic (exact) mass is 471 g/mol. The number of hydrogen-bond acceptors (Lipinski definition) is 8. The predicted octanol–water partition coefficient (Wildman–Crippen LogP) is 5.08. The molecule has 0 saturated heterocycles. The molecule has 170 valence electrons. The van der Waals surface area contributed by atoms with E-state index in [1.165, 1.54) is 0 Å². The van der Waals surface area contributed by atoms with Gasteiger partial charge in [0.25, 0.3) is 0 Å². The normalized spacial score (nSPS) is 15.5. The minimum Gasteiger partial charge on any atom is -0.486 e. The number of hydrogen-bond donors (Lipinski definition) is 1. The summed E-state index contributed by atoms with van der Waals surface area (Å²) in [5, 5.41) is 17.4. The Kier molecular flexibility index (Phi) is 6.21. The number of aromatic nitrogens is 2. The lowest BCUT2D eigenvalue weighted by atomic mass is 9.99. The highest BCUT2D eigenvalue weighted by Crippen LogP contribution is 2.37. The van der Waals surface area contributed by atoms with Crippen molar-refractivity contribution in [1.82, 2.24) is 10.2 Å². The van der Waals surface area contributed by atoms with Crippen molar-refractivity contribution in [3.63, 3.8) is 0 Å². The molecule has 0 N–H and O–H groups in total. The number of benzene rings is 3. The van der Waals surface area contributed by atoms with Crippen LogP contribution in [0.3, 0.4) is 0 Å². The number of rotatable bonds is 6. The Balaban J connectivity index is 1.35. The van der Waals surface area contributed by atoms with Crippen LogP contribution in [0.25, 0.3) is 22.6 Å². The molecule has 0 bridgehead atoms. The van der Waals surface area contributed by atoms with Gasteiger partial charge in [0.2, 0.25) is 11.8 Å². The number of ether oxygens (including phenoxy) is 3. The van der Waals surface area contributed by atoms with Gasteiger partial charge in [-0.3, -0.25) is 0 Å². The lowest BCUT2D eigenvalue weighted by Crippen LogP contribution is -2.32. The summed E-state index contributed by atoms with van der Waals surface area (Å²) in [5.41, 5.74) is 4.10. The van der Waals surface area contributed by atoms with Crippen LogP contribution < -0.4 is 9.47 Å². The maximum Gasteiger partial charge on any atom is 0.247 e. The minimum absolute atomic E-state index is 0.170. The Labute approximate surface area is 202 Å². The number of nitrogens with zero attached hydrogens (tertiary/aromatic N) is 3. The van der Waals surface area contributed by atoms with Gasteiger partial charge in [0.05, 0.1) is 18.2 Å².